The minimum Gasteiger partial charge on any atom is -0.355 e. The van der Waals surface area contributed by atoms with E-state index in [-0.39, 0.29) is 24.3 Å². The highest BCUT2D eigenvalue weighted by atomic mass is 16.2. The number of rotatable bonds is 6. The fourth-order valence-corrected chi connectivity index (χ4v) is 2.73. The van der Waals surface area contributed by atoms with Crippen molar-refractivity contribution in [3.63, 3.8) is 0 Å². The number of carbonyl (C=O) groups excluding carboxylic acids is 3. The summed E-state index contributed by atoms with van der Waals surface area (Å²) in [6.07, 6.45) is 0.599. The molecule has 1 aromatic rings. The quantitative estimate of drug-likeness (QED) is 0.792. The van der Waals surface area contributed by atoms with E-state index in [9.17, 15) is 14.4 Å². The normalized spacial score (nSPS) is 14.1. The molecule has 0 saturated carbocycles. The summed E-state index contributed by atoms with van der Waals surface area (Å²) in [7, 11) is 0. The Morgan fingerprint density at radius 3 is 2.24 bits per heavy atom. The fraction of sp³-hybridized carbons (Fsp3) is 0.500. The smallest absolute Gasteiger partial charge is 0.317 e. The molecule has 0 aromatic heterocycles. The molecule has 1 saturated heterocycles. The zero-order chi connectivity index (χ0) is 18.1. The first-order valence-corrected chi connectivity index (χ1v) is 8.71. The first-order chi connectivity index (χ1) is 12.1. The van der Waals surface area contributed by atoms with E-state index in [1.165, 1.54) is 0 Å². The monoisotopic (exact) mass is 346 g/mol. The first kappa shape index (κ1) is 18.8. The molecular weight excluding hydrogens is 320 g/mol. The van der Waals surface area contributed by atoms with Gasteiger partial charge in [-0.25, -0.2) is 4.79 Å². The lowest BCUT2D eigenvalue weighted by molar-refractivity contribution is -0.132. The van der Waals surface area contributed by atoms with Crippen molar-refractivity contribution < 1.29 is 14.4 Å². The Kier molecular flexibility index (Phi) is 7.25. The lowest BCUT2D eigenvalue weighted by Gasteiger charge is -2.34. The summed E-state index contributed by atoms with van der Waals surface area (Å²) in [6, 6.07) is 9.42. The van der Waals surface area contributed by atoms with Crippen LogP contribution in [-0.2, 0) is 16.0 Å². The second-order valence-corrected chi connectivity index (χ2v) is 5.97. The molecule has 0 bridgehead atoms. The van der Waals surface area contributed by atoms with Gasteiger partial charge in [-0.15, -0.1) is 0 Å². The Morgan fingerprint density at radius 2 is 1.60 bits per heavy atom. The van der Waals surface area contributed by atoms with Crippen LogP contribution in [0.25, 0.3) is 0 Å². The van der Waals surface area contributed by atoms with Crippen LogP contribution in [-0.4, -0.2) is 66.9 Å². The van der Waals surface area contributed by atoms with Crippen molar-refractivity contribution in [2.45, 2.75) is 19.8 Å². The van der Waals surface area contributed by atoms with Crippen molar-refractivity contribution >= 4 is 17.8 Å². The maximum absolute atomic E-state index is 12.2. The molecule has 136 valence electrons. The summed E-state index contributed by atoms with van der Waals surface area (Å²) in [4.78, 5) is 39.3. The third-order valence-electron chi connectivity index (χ3n) is 4.12. The Hall–Kier alpha value is -2.57. The molecular formula is C18H26N4O3. The number of carbonyl (C=O) groups is 3. The van der Waals surface area contributed by atoms with Crippen molar-refractivity contribution in [3.8, 4) is 0 Å². The van der Waals surface area contributed by atoms with Crippen molar-refractivity contribution in [1.29, 1.82) is 0 Å². The van der Waals surface area contributed by atoms with Crippen LogP contribution < -0.4 is 10.6 Å². The van der Waals surface area contributed by atoms with Gasteiger partial charge in [-0.05, 0) is 12.5 Å². The van der Waals surface area contributed by atoms with E-state index >= 15 is 0 Å². The SMILES string of the molecule is CCNC(=O)N1CCN(C(=O)CCNC(=O)Cc2ccccc2)CC1. The van der Waals surface area contributed by atoms with Gasteiger partial charge in [-0.1, -0.05) is 30.3 Å². The summed E-state index contributed by atoms with van der Waals surface area (Å²) in [5, 5.41) is 5.55. The minimum absolute atomic E-state index is 0.00978. The maximum Gasteiger partial charge on any atom is 0.317 e. The van der Waals surface area contributed by atoms with Gasteiger partial charge in [-0.3, -0.25) is 9.59 Å². The van der Waals surface area contributed by atoms with Crippen LogP contribution in [0, 0.1) is 0 Å². The highest BCUT2D eigenvalue weighted by Crippen LogP contribution is 2.04. The lowest BCUT2D eigenvalue weighted by atomic mass is 10.1. The predicted molar refractivity (Wildman–Crippen MR) is 95.0 cm³/mol. The fourth-order valence-electron chi connectivity index (χ4n) is 2.73. The molecule has 1 aliphatic rings. The molecule has 2 rings (SSSR count). The standard InChI is InChI=1S/C18H26N4O3/c1-2-19-18(25)22-12-10-21(11-13-22)17(24)8-9-20-16(23)14-15-6-4-3-5-7-15/h3-7H,2,8-14H2,1H3,(H,19,25)(H,20,23). The van der Waals surface area contributed by atoms with Gasteiger partial charge in [0.1, 0.15) is 0 Å². The number of urea groups is 1. The molecule has 1 aromatic carbocycles. The summed E-state index contributed by atoms with van der Waals surface area (Å²) in [6.45, 7) is 4.96. The summed E-state index contributed by atoms with van der Waals surface area (Å²) >= 11 is 0. The molecule has 25 heavy (non-hydrogen) atoms. The van der Waals surface area contributed by atoms with Crippen LogP contribution >= 0.6 is 0 Å². The van der Waals surface area contributed by atoms with E-state index in [0.29, 0.717) is 45.7 Å². The number of nitrogens with one attached hydrogen (secondary N) is 2. The molecule has 1 aliphatic heterocycles. The average molecular weight is 346 g/mol. The van der Waals surface area contributed by atoms with Gasteiger partial charge >= 0.3 is 6.03 Å². The van der Waals surface area contributed by atoms with Gasteiger partial charge in [0.15, 0.2) is 0 Å². The van der Waals surface area contributed by atoms with E-state index in [1.54, 1.807) is 9.80 Å². The van der Waals surface area contributed by atoms with Crippen molar-refractivity contribution in [1.82, 2.24) is 20.4 Å². The average Bonchev–Trinajstić information content (AvgIpc) is 2.63. The third-order valence-corrected chi connectivity index (χ3v) is 4.12. The highest BCUT2D eigenvalue weighted by Gasteiger charge is 2.23. The van der Waals surface area contributed by atoms with Gasteiger partial charge in [-0.2, -0.15) is 0 Å². The third kappa shape index (κ3) is 6.10. The van der Waals surface area contributed by atoms with E-state index in [0.717, 1.165) is 5.56 Å². The Bertz CT molecular complexity index is 583. The van der Waals surface area contributed by atoms with Crippen LogP contribution in [0.15, 0.2) is 30.3 Å². The number of hydrogen-bond donors (Lipinski definition) is 2. The Labute approximate surface area is 148 Å². The molecule has 2 N–H and O–H groups in total. The number of nitrogens with zero attached hydrogens (tertiary/aromatic N) is 2. The van der Waals surface area contributed by atoms with E-state index in [2.05, 4.69) is 10.6 Å². The number of hydrogen-bond acceptors (Lipinski definition) is 3. The summed E-state index contributed by atoms with van der Waals surface area (Å²) in [5.41, 5.74) is 0.952. The van der Waals surface area contributed by atoms with Gasteiger partial charge in [0.25, 0.3) is 0 Å². The van der Waals surface area contributed by atoms with Crippen LogP contribution in [0.5, 0.6) is 0 Å². The molecule has 4 amide bonds. The largest absolute Gasteiger partial charge is 0.355 e. The molecule has 0 radical (unpaired) electrons. The zero-order valence-electron chi connectivity index (χ0n) is 14.7. The van der Waals surface area contributed by atoms with E-state index in [4.69, 9.17) is 0 Å². The molecule has 1 fully saturated rings. The maximum atomic E-state index is 12.2. The predicted octanol–water partition coefficient (Wildman–Crippen LogP) is 0.609. The topological polar surface area (TPSA) is 81.8 Å². The molecule has 1 heterocycles. The van der Waals surface area contributed by atoms with Crippen molar-refractivity contribution in [2.75, 3.05) is 39.3 Å². The van der Waals surface area contributed by atoms with Crippen LogP contribution in [0.3, 0.4) is 0 Å². The second kappa shape index (κ2) is 9.66. The molecule has 7 nitrogen and oxygen atoms in total. The lowest BCUT2D eigenvalue weighted by Crippen LogP contribution is -2.53. The molecule has 0 atom stereocenters. The van der Waals surface area contributed by atoms with Gasteiger partial charge in [0, 0.05) is 45.7 Å². The van der Waals surface area contributed by atoms with Crippen LogP contribution in [0.1, 0.15) is 18.9 Å². The molecule has 0 unspecified atom stereocenters. The highest BCUT2D eigenvalue weighted by molar-refractivity contribution is 5.80. The molecule has 0 aliphatic carbocycles. The number of amides is 4. The Morgan fingerprint density at radius 1 is 0.960 bits per heavy atom. The van der Waals surface area contributed by atoms with Gasteiger partial charge in [0.2, 0.25) is 11.8 Å². The van der Waals surface area contributed by atoms with Gasteiger partial charge in [0.05, 0.1) is 6.42 Å². The zero-order valence-corrected chi connectivity index (χ0v) is 14.7. The van der Waals surface area contributed by atoms with E-state index < -0.39 is 0 Å². The summed E-state index contributed by atoms with van der Waals surface area (Å²) < 4.78 is 0. The minimum atomic E-state index is -0.0833. The van der Waals surface area contributed by atoms with Gasteiger partial charge < -0.3 is 20.4 Å². The number of piperazine rings is 1. The van der Waals surface area contributed by atoms with Crippen LogP contribution in [0.4, 0.5) is 4.79 Å². The van der Waals surface area contributed by atoms with Crippen molar-refractivity contribution in [3.05, 3.63) is 35.9 Å². The Balaban J connectivity index is 1.64. The second-order valence-electron chi connectivity index (χ2n) is 5.97. The van der Waals surface area contributed by atoms with Crippen molar-refractivity contribution in [2.24, 2.45) is 0 Å². The van der Waals surface area contributed by atoms with E-state index in [1.807, 2.05) is 37.3 Å². The summed E-state index contributed by atoms with van der Waals surface area (Å²) in [5.74, 6) is -0.0735. The first-order valence-electron chi connectivity index (χ1n) is 8.71. The molecule has 0 spiro atoms. The van der Waals surface area contributed by atoms with Crippen LogP contribution in [0.2, 0.25) is 0 Å². The molecule has 7 heteroatoms. The number of benzene rings is 1.